The van der Waals surface area contributed by atoms with Gasteiger partial charge in [0.2, 0.25) is 5.76 Å². The highest BCUT2D eigenvalue weighted by Gasteiger charge is 2.15. The topological polar surface area (TPSA) is 87.7 Å². The van der Waals surface area contributed by atoms with Crippen LogP contribution in [0.4, 0.5) is 0 Å². The standard InChI is InChI=1S/C16H14O5/c1-10-2-4-11(5-3-10)6-12-8-21-9-13(12)14(17)7-15(18)16(19)20/h2-5,7-9,18H,6H2,1H3,(H,19,20)/b15-7-. The van der Waals surface area contributed by atoms with E-state index in [4.69, 9.17) is 14.6 Å². The molecule has 5 nitrogen and oxygen atoms in total. The minimum absolute atomic E-state index is 0.239. The summed E-state index contributed by atoms with van der Waals surface area (Å²) < 4.78 is 5.03. The number of allylic oxidation sites excluding steroid dienone is 1. The number of furan rings is 1. The average molecular weight is 286 g/mol. The van der Waals surface area contributed by atoms with Gasteiger partial charge in [0.15, 0.2) is 5.78 Å². The molecule has 0 aliphatic heterocycles. The molecule has 0 spiro atoms. The molecule has 0 amide bonds. The lowest BCUT2D eigenvalue weighted by Gasteiger charge is -2.02. The average Bonchev–Trinajstić information content (AvgIpc) is 2.89. The predicted molar refractivity (Wildman–Crippen MR) is 75.4 cm³/mol. The Balaban J connectivity index is 2.22. The van der Waals surface area contributed by atoms with Crippen molar-refractivity contribution in [2.45, 2.75) is 13.3 Å². The Kier molecular flexibility index (Phi) is 4.23. The fraction of sp³-hybridized carbons (Fsp3) is 0.125. The monoisotopic (exact) mass is 286 g/mol. The molecule has 1 aromatic heterocycles. The van der Waals surface area contributed by atoms with Gasteiger partial charge in [-0.3, -0.25) is 4.79 Å². The van der Waals surface area contributed by atoms with Crippen molar-refractivity contribution in [3.8, 4) is 0 Å². The number of aliphatic carboxylic acids is 1. The Morgan fingerprint density at radius 2 is 1.81 bits per heavy atom. The SMILES string of the molecule is Cc1ccc(Cc2cocc2C(=O)/C=C(\O)C(=O)O)cc1. The van der Waals surface area contributed by atoms with Gasteiger partial charge in [-0.25, -0.2) is 4.79 Å². The molecule has 108 valence electrons. The number of hydrogen-bond acceptors (Lipinski definition) is 4. The van der Waals surface area contributed by atoms with Crippen molar-refractivity contribution in [3.63, 3.8) is 0 Å². The zero-order valence-corrected chi connectivity index (χ0v) is 11.4. The molecule has 0 unspecified atom stereocenters. The van der Waals surface area contributed by atoms with Crippen molar-refractivity contribution in [2.24, 2.45) is 0 Å². The predicted octanol–water partition coefficient (Wildman–Crippen LogP) is 2.89. The summed E-state index contributed by atoms with van der Waals surface area (Å²) in [6.45, 7) is 1.98. The van der Waals surface area contributed by atoms with Crippen LogP contribution < -0.4 is 0 Å². The van der Waals surface area contributed by atoms with Gasteiger partial charge in [0, 0.05) is 18.1 Å². The van der Waals surface area contributed by atoms with Crippen LogP contribution in [0.2, 0.25) is 0 Å². The fourth-order valence-electron chi connectivity index (χ4n) is 1.87. The molecular weight excluding hydrogens is 272 g/mol. The van der Waals surface area contributed by atoms with E-state index in [0.29, 0.717) is 18.1 Å². The maximum absolute atomic E-state index is 11.9. The zero-order valence-electron chi connectivity index (χ0n) is 11.4. The fourth-order valence-corrected chi connectivity index (χ4v) is 1.87. The van der Waals surface area contributed by atoms with Crippen molar-refractivity contribution in [3.05, 3.63) is 70.9 Å². The lowest BCUT2D eigenvalue weighted by molar-refractivity contribution is -0.135. The normalized spacial score (nSPS) is 11.4. The van der Waals surface area contributed by atoms with Crippen molar-refractivity contribution in [1.29, 1.82) is 0 Å². The van der Waals surface area contributed by atoms with Gasteiger partial charge in [-0.1, -0.05) is 29.8 Å². The summed E-state index contributed by atoms with van der Waals surface area (Å²) >= 11 is 0. The number of carboxylic acid groups (broad SMARTS) is 1. The molecule has 0 aliphatic carbocycles. The van der Waals surface area contributed by atoms with Gasteiger partial charge >= 0.3 is 5.97 Å². The summed E-state index contributed by atoms with van der Waals surface area (Å²) in [6.07, 6.45) is 3.85. The van der Waals surface area contributed by atoms with E-state index in [1.165, 1.54) is 12.5 Å². The highest BCUT2D eigenvalue weighted by atomic mass is 16.4. The zero-order chi connectivity index (χ0) is 15.4. The number of aryl methyl sites for hydroxylation is 1. The van der Waals surface area contributed by atoms with Crippen LogP contribution in [-0.4, -0.2) is 22.0 Å². The quantitative estimate of drug-likeness (QED) is 0.501. The van der Waals surface area contributed by atoms with Gasteiger partial charge in [0.05, 0.1) is 11.8 Å². The van der Waals surface area contributed by atoms with Crippen molar-refractivity contribution < 1.29 is 24.2 Å². The molecule has 0 aliphatic rings. The Hall–Kier alpha value is -2.82. The van der Waals surface area contributed by atoms with Gasteiger partial charge in [0.1, 0.15) is 6.26 Å². The first-order valence-corrected chi connectivity index (χ1v) is 6.26. The lowest BCUT2D eigenvalue weighted by Crippen LogP contribution is -2.05. The number of benzene rings is 1. The number of aliphatic hydroxyl groups excluding tert-OH is 1. The van der Waals surface area contributed by atoms with Gasteiger partial charge in [-0.05, 0) is 12.5 Å². The molecule has 0 fully saturated rings. The van der Waals surface area contributed by atoms with E-state index < -0.39 is 17.5 Å². The molecule has 0 saturated carbocycles. The molecule has 0 saturated heterocycles. The number of rotatable bonds is 5. The second-order valence-corrected chi connectivity index (χ2v) is 4.67. The molecule has 0 atom stereocenters. The summed E-state index contributed by atoms with van der Waals surface area (Å²) in [6, 6.07) is 7.82. The van der Waals surface area contributed by atoms with E-state index in [-0.39, 0.29) is 5.56 Å². The Labute approximate surface area is 121 Å². The maximum atomic E-state index is 11.9. The highest BCUT2D eigenvalue weighted by Crippen LogP contribution is 2.17. The molecule has 2 rings (SSSR count). The van der Waals surface area contributed by atoms with Crippen LogP contribution in [0.1, 0.15) is 27.0 Å². The van der Waals surface area contributed by atoms with Crippen LogP contribution in [0.3, 0.4) is 0 Å². The molecule has 2 aromatic rings. The summed E-state index contributed by atoms with van der Waals surface area (Å²) in [5.74, 6) is -3.15. The summed E-state index contributed by atoms with van der Waals surface area (Å²) in [7, 11) is 0. The lowest BCUT2D eigenvalue weighted by atomic mass is 10.0. The molecule has 2 N–H and O–H groups in total. The van der Waals surface area contributed by atoms with E-state index in [1.54, 1.807) is 0 Å². The first-order chi connectivity index (χ1) is 9.97. The smallest absolute Gasteiger partial charge is 0.371 e. The Morgan fingerprint density at radius 1 is 1.14 bits per heavy atom. The largest absolute Gasteiger partial charge is 0.502 e. The van der Waals surface area contributed by atoms with Crippen LogP contribution in [0.25, 0.3) is 0 Å². The third-order valence-corrected chi connectivity index (χ3v) is 3.01. The number of carboxylic acids is 1. The molecule has 1 aromatic carbocycles. The van der Waals surface area contributed by atoms with Crippen LogP contribution in [0, 0.1) is 6.92 Å². The van der Waals surface area contributed by atoms with Crippen LogP contribution in [-0.2, 0) is 11.2 Å². The summed E-state index contributed by atoms with van der Waals surface area (Å²) in [5.41, 5.74) is 3.01. The molecule has 0 radical (unpaired) electrons. The van der Waals surface area contributed by atoms with Crippen molar-refractivity contribution in [1.82, 2.24) is 0 Å². The Morgan fingerprint density at radius 3 is 2.43 bits per heavy atom. The van der Waals surface area contributed by atoms with Crippen molar-refractivity contribution >= 4 is 11.8 Å². The number of hydrogen-bond donors (Lipinski definition) is 2. The number of ketones is 1. The van der Waals surface area contributed by atoms with Crippen LogP contribution >= 0.6 is 0 Å². The maximum Gasteiger partial charge on any atom is 0.371 e. The second kappa shape index (κ2) is 6.09. The molecule has 21 heavy (non-hydrogen) atoms. The van der Waals surface area contributed by atoms with E-state index in [0.717, 1.165) is 11.1 Å². The third kappa shape index (κ3) is 3.60. The minimum Gasteiger partial charge on any atom is -0.502 e. The minimum atomic E-state index is -1.55. The van der Waals surface area contributed by atoms with Gasteiger partial charge in [0.25, 0.3) is 0 Å². The summed E-state index contributed by atoms with van der Waals surface area (Å²) in [5, 5.41) is 17.7. The second-order valence-electron chi connectivity index (χ2n) is 4.67. The first-order valence-electron chi connectivity index (χ1n) is 6.26. The van der Waals surface area contributed by atoms with E-state index >= 15 is 0 Å². The molecule has 5 heteroatoms. The Bertz CT molecular complexity index is 692. The van der Waals surface area contributed by atoms with Crippen molar-refractivity contribution in [2.75, 3.05) is 0 Å². The number of carbonyl (C=O) groups excluding carboxylic acids is 1. The van der Waals surface area contributed by atoms with Gasteiger partial charge in [-0.15, -0.1) is 0 Å². The van der Waals surface area contributed by atoms with Crippen LogP contribution in [0.15, 0.2) is 53.0 Å². The number of aliphatic hydroxyl groups is 1. The highest BCUT2D eigenvalue weighted by molar-refractivity contribution is 6.08. The van der Waals surface area contributed by atoms with Crippen LogP contribution in [0.5, 0.6) is 0 Å². The van der Waals surface area contributed by atoms with E-state index in [9.17, 15) is 9.59 Å². The molecule has 1 heterocycles. The number of carbonyl (C=O) groups is 2. The molecule has 0 bridgehead atoms. The van der Waals surface area contributed by atoms with Gasteiger partial charge in [-0.2, -0.15) is 0 Å². The molecular formula is C16H14O5. The summed E-state index contributed by atoms with van der Waals surface area (Å²) in [4.78, 5) is 22.4. The third-order valence-electron chi connectivity index (χ3n) is 3.01. The first kappa shape index (κ1) is 14.6. The van der Waals surface area contributed by atoms with Gasteiger partial charge < -0.3 is 14.6 Å². The van der Waals surface area contributed by atoms with E-state index in [2.05, 4.69) is 0 Å². The van der Waals surface area contributed by atoms with E-state index in [1.807, 2.05) is 31.2 Å².